The van der Waals surface area contributed by atoms with Gasteiger partial charge in [-0.15, -0.1) is 11.3 Å². The third kappa shape index (κ3) is 3.79. The van der Waals surface area contributed by atoms with Crippen LogP contribution >= 0.6 is 11.3 Å². The molecule has 1 aromatic carbocycles. The Morgan fingerprint density at radius 3 is 2.83 bits per heavy atom. The summed E-state index contributed by atoms with van der Waals surface area (Å²) < 4.78 is 5.59. The van der Waals surface area contributed by atoms with Gasteiger partial charge in [0.2, 0.25) is 5.91 Å². The van der Waals surface area contributed by atoms with Crippen molar-refractivity contribution in [1.29, 1.82) is 0 Å². The molecule has 4 nitrogen and oxygen atoms in total. The smallest absolute Gasteiger partial charge is 0.220 e. The predicted molar refractivity (Wildman–Crippen MR) is 90.1 cm³/mol. The highest BCUT2D eigenvalue weighted by Crippen LogP contribution is 2.31. The lowest BCUT2D eigenvalue weighted by atomic mass is 10.0. The van der Waals surface area contributed by atoms with Gasteiger partial charge in [-0.05, 0) is 25.1 Å². The summed E-state index contributed by atoms with van der Waals surface area (Å²) in [6.45, 7) is 2.56. The molecular formula is C18H19NO3S. The highest BCUT2D eigenvalue weighted by Gasteiger charge is 2.22. The van der Waals surface area contributed by atoms with Gasteiger partial charge in [0.05, 0.1) is 17.5 Å². The molecule has 0 aliphatic carbocycles. The molecule has 2 aromatic rings. The number of aryl methyl sites for hydroxylation is 1. The number of nitrogens with one attached hydrogen (secondary N) is 1. The zero-order valence-electron chi connectivity index (χ0n) is 13.0. The first kappa shape index (κ1) is 15.7. The summed E-state index contributed by atoms with van der Waals surface area (Å²) in [6, 6.07) is 11.5. The maximum atomic E-state index is 12.2. The highest BCUT2D eigenvalue weighted by atomic mass is 32.1. The van der Waals surface area contributed by atoms with Crippen molar-refractivity contribution in [3.05, 3.63) is 51.7 Å². The molecule has 0 saturated heterocycles. The van der Waals surface area contributed by atoms with Crippen LogP contribution in [0, 0.1) is 6.92 Å². The van der Waals surface area contributed by atoms with E-state index in [0.717, 1.165) is 27.5 Å². The molecule has 1 aliphatic rings. The molecule has 0 radical (unpaired) electrons. The van der Waals surface area contributed by atoms with E-state index in [1.54, 1.807) is 0 Å². The number of fused-ring (bicyclic) bond motifs is 1. The number of benzene rings is 1. The molecule has 3 rings (SSSR count). The molecule has 120 valence electrons. The van der Waals surface area contributed by atoms with Crippen LogP contribution in [0.1, 0.15) is 45.4 Å². The Labute approximate surface area is 139 Å². The fourth-order valence-corrected chi connectivity index (χ4v) is 3.53. The Morgan fingerprint density at radius 1 is 1.22 bits per heavy atom. The standard InChI is InChI=1S/C18H19NO3S/c1-12-6-8-17(23-12)15(20)7-9-18(21)19-14-10-11-22-16-5-3-2-4-13(14)16/h2-6,8,14H,7,9-11H2,1H3,(H,19,21). The molecule has 1 aliphatic heterocycles. The molecular weight excluding hydrogens is 310 g/mol. The number of thiophene rings is 1. The summed E-state index contributed by atoms with van der Waals surface area (Å²) in [7, 11) is 0. The summed E-state index contributed by atoms with van der Waals surface area (Å²) in [4.78, 5) is 26.1. The van der Waals surface area contributed by atoms with Crippen LogP contribution in [-0.2, 0) is 4.79 Å². The number of hydrogen-bond acceptors (Lipinski definition) is 4. The lowest BCUT2D eigenvalue weighted by Crippen LogP contribution is -2.32. The van der Waals surface area contributed by atoms with Gasteiger partial charge in [0, 0.05) is 29.7 Å². The quantitative estimate of drug-likeness (QED) is 0.852. The van der Waals surface area contributed by atoms with Crippen LogP contribution < -0.4 is 10.1 Å². The van der Waals surface area contributed by atoms with E-state index in [0.29, 0.717) is 6.61 Å². The fourth-order valence-electron chi connectivity index (χ4n) is 2.69. The number of carbonyl (C=O) groups is 2. The summed E-state index contributed by atoms with van der Waals surface area (Å²) in [6.07, 6.45) is 1.22. The third-order valence-corrected chi connectivity index (χ3v) is 4.93. The van der Waals surface area contributed by atoms with Crippen LogP contribution in [0.15, 0.2) is 36.4 Å². The van der Waals surface area contributed by atoms with Crippen molar-refractivity contribution in [3.8, 4) is 5.75 Å². The Hall–Kier alpha value is -2.14. The average Bonchev–Trinajstić information content (AvgIpc) is 2.99. The minimum absolute atomic E-state index is 0.0330. The molecule has 1 unspecified atom stereocenters. The summed E-state index contributed by atoms with van der Waals surface area (Å²) >= 11 is 1.48. The molecule has 1 aromatic heterocycles. The Balaban J connectivity index is 1.55. The summed E-state index contributed by atoms with van der Waals surface area (Å²) in [5.41, 5.74) is 1.01. The van der Waals surface area contributed by atoms with Crippen molar-refractivity contribution in [2.45, 2.75) is 32.2 Å². The van der Waals surface area contributed by atoms with Gasteiger partial charge in [-0.1, -0.05) is 18.2 Å². The molecule has 23 heavy (non-hydrogen) atoms. The van der Waals surface area contributed by atoms with Gasteiger partial charge in [-0.2, -0.15) is 0 Å². The lowest BCUT2D eigenvalue weighted by Gasteiger charge is -2.26. The summed E-state index contributed by atoms with van der Waals surface area (Å²) in [5.74, 6) is 0.771. The van der Waals surface area contributed by atoms with Crippen molar-refractivity contribution >= 4 is 23.0 Å². The number of ether oxygens (including phenoxy) is 1. The van der Waals surface area contributed by atoms with E-state index in [1.807, 2.05) is 43.3 Å². The predicted octanol–water partition coefficient (Wildman–Crippen LogP) is 3.66. The molecule has 1 atom stereocenters. The van der Waals surface area contributed by atoms with Gasteiger partial charge in [0.25, 0.3) is 0 Å². The second-order valence-corrected chi connectivity index (χ2v) is 6.92. The van der Waals surface area contributed by atoms with Gasteiger partial charge in [-0.25, -0.2) is 0 Å². The van der Waals surface area contributed by atoms with Crippen LogP contribution in [-0.4, -0.2) is 18.3 Å². The SMILES string of the molecule is Cc1ccc(C(=O)CCC(=O)NC2CCOc3ccccc32)s1. The van der Waals surface area contributed by atoms with Crippen LogP contribution in [0.25, 0.3) is 0 Å². The van der Waals surface area contributed by atoms with Crippen molar-refractivity contribution in [3.63, 3.8) is 0 Å². The number of carbonyl (C=O) groups excluding carboxylic acids is 2. The van der Waals surface area contributed by atoms with E-state index in [1.165, 1.54) is 11.3 Å². The topological polar surface area (TPSA) is 55.4 Å². The van der Waals surface area contributed by atoms with Crippen molar-refractivity contribution in [2.24, 2.45) is 0 Å². The summed E-state index contributed by atoms with van der Waals surface area (Å²) in [5, 5.41) is 3.02. The molecule has 0 spiro atoms. The first-order chi connectivity index (χ1) is 11.1. The number of Topliss-reactive ketones (excluding diaryl/α,β-unsaturated/α-hetero) is 1. The normalized spacial score (nSPS) is 16.3. The highest BCUT2D eigenvalue weighted by molar-refractivity contribution is 7.14. The van der Waals surface area contributed by atoms with Crippen LogP contribution in [0.2, 0.25) is 0 Å². The molecule has 0 fully saturated rings. The number of rotatable bonds is 5. The Morgan fingerprint density at radius 2 is 2.04 bits per heavy atom. The van der Waals surface area contributed by atoms with E-state index < -0.39 is 0 Å². The minimum Gasteiger partial charge on any atom is -0.493 e. The molecule has 1 N–H and O–H groups in total. The van der Waals surface area contributed by atoms with Gasteiger partial charge in [0.1, 0.15) is 5.75 Å². The second-order valence-electron chi connectivity index (χ2n) is 5.63. The van der Waals surface area contributed by atoms with Crippen LogP contribution in [0.5, 0.6) is 5.75 Å². The van der Waals surface area contributed by atoms with Gasteiger partial charge < -0.3 is 10.1 Å². The molecule has 1 amide bonds. The first-order valence-corrected chi connectivity index (χ1v) is 8.56. The number of ketones is 1. The van der Waals surface area contributed by atoms with E-state index in [-0.39, 0.29) is 30.6 Å². The largest absolute Gasteiger partial charge is 0.493 e. The third-order valence-electron chi connectivity index (χ3n) is 3.89. The zero-order valence-corrected chi connectivity index (χ0v) is 13.8. The van der Waals surface area contributed by atoms with E-state index in [2.05, 4.69) is 5.32 Å². The minimum atomic E-state index is -0.0895. The fraction of sp³-hybridized carbons (Fsp3) is 0.333. The zero-order chi connectivity index (χ0) is 16.2. The van der Waals surface area contributed by atoms with Crippen molar-refractivity contribution in [1.82, 2.24) is 5.32 Å². The van der Waals surface area contributed by atoms with Gasteiger partial charge >= 0.3 is 0 Å². The van der Waals surface area contributed by atoms with Crippen molar-refractivity contribution in [2.75, 3.05) is 6.61 Å². The lowest BCUT2D eigenvalue weighted by molar-refractivity contribution is -0.122. The van der Waals surface area contributed by atoms with Gasteiger partial charge in [0.15, 0.2) is 5.78 Å². The second kappa shape index (κ2) is 6.96. The maximum Gasteiger partial charge on any atom is 0.220 e. The molecule has 0 saturated carbocycles. The number of amides is 1. The monoisotopic (exact) mass is 329 g/mol. The molecule has 5 heteroatoms. The van der Waals surface area contributed by atoms with Crippen LogP contribution in [0.4, 0.5) is 0 Å². The van der Waals surface area contributed by atoms with E-state index in [4.69, 9.17) is 4.74 Å². The van der Waals surface area contributed by atoms with E-state index >= 15 is 0 Å². The number of hydrogen-bond donors (Lipinski definition) is 1. The Kier molecular flexibility index (Phi) is 4.76. The van der Waals surface area contributed by atoms with Crippen molar-refractivity contribution < 1.29 is 14.3 Å². The first-order valence-electron chi connectivity index (χ1n) is 7.74. The molecule has 2 heterocycles. The van der Waals surface area contributed by atoms with Gasteiger partial charge in [-0.3, -0.25) is 9.59 Å². The Bertz CT molecular complexity index is 723. The number of para-hydroxylation sites is 1. The van der Waals surface area contributed by atoms with Crippen LogP contribution in [0.3, 0.4) is 0 Å². The maximum absolute atomic E-state index is 12.2. The van der Waals surface area contributed by atoms with E-state index in [9.17, 15) is 9.59 Å². The molecule has 0 bridgehead atoms. The average molecular weight is 329 g/mol.